The molecular formula is C13H18FN. The number of hydrogen-bond donors (Lipinski definition) is 1. The van der Waals surface area contributed by atoms with Crippen molar-refractivity contribution < 1.29 is 4.39 Å². The zero-order chi connectivity index (χ0) is 10.9. The Kier molecular flexibility index (Phi) is 2.79. The van der Waals surface area contributed by atoms with Crippen LogP contribution in [-0.2, 0) is 5.67 Å². The van der Waals surface area contributed by atoms with Crippen LogP contribution < -0.4 is 5.32 Å². The maximum atomic E-state index is 14.0. The third-order valence-corrected chi connectivity index (χ3v) is 3.04. The number of nitrogens with one attached hydrogen (secondary N) is 1. The largest absolute Gasteiger partial charge is 0.310 e. The highest BCUT2D eigenvalue weighted by Crippen LogP contribution is 2.33. The maximum Gasteiger partial charge on any atom is 0.130 e. The molecule has 0 amide bonds. The van der Waals surface area contributed by atoms with E-state index in [4.69, 9.17) is 0 Å². The van der Waals surface area contributed by atoms with E-state index >= 15 is 0 Å². The quantitative estimate of drug-likeness (QED) is 0.784. The first kappa shape index (κ1) is 10.6. The Bertz CT molecular complexity index is 335. The summed E-state index contributed by atoms with van der Waals surface area (Å²) in [4.78, 5) is 0. The Hall–Kier alpha value is -0.890. The second-order valence-electron chi connectivity index (χ2n) is 4.71. The Balaban J connectivity index is 2.37. The third-order valence-electron chi connectivity index (χ3n) is 3.04. The van der Waals surface area contributed by atoms with Gasteiger partial charge in [-0.15, -0.1) is 0 Å². The summed E-state index contributed by atoms with van der Waals surface area (Å²) in [5, 5.41) is 3.42. The highest BCUT2D eigenvalue weighted by molar-refractivity contribution is 5.34. The molecule has 0 saturated carbocycles. The van der Waals surface area contributed by atoms with Gasteiger partial charge in [0.25, 0.3) is 0 Å². The average molecular weight is 207 g/mol. The Labute approximate surface area is 90.7 Å². The predicted octanol–water partition coefficient (Wildman–Crippen LogP) is 3.32. The first-order chi connectivity index (χ1) is 7.09. The molecule has 1 aliphatic rings. The van der Waals surface area contributed by atoms with Crippen LogP contribution in [0.3, 0.4) is 0 Å². The minimum absolute atomic E-state index is 0.344. The van der Waals surface area contributed by atoms with Crippen molar-refractivity contribution in [2.45, 2.75) is 38.4 Å². The van der Waals surface area contributed by atoms with Crippen LogP contribution >= 0.6 is 0 Å². The van der Waals surface area contributed by atoms with Gasteiger partial charge < -0.3 is 5.32 Å². The summed E-state index contributed by atoms with van der Waals surface area (Å²) < 4.78 is 14.0. The molecular weight excluding hydrogens is 189 g/mol. The first-order valence-corrected chi connectivity index (χ1v) is 5.61. The summed E-state index contributed by atoms with van der Waals surface area (Å²) in [6.45, 7) is 4.30. The molecule has 15 heavy (non-hydrogen) atoms. The van der Waals surface area contributed by atoms with Crippen LogP contribution in [0, 0.1) is 0 Å². The van der Waals surface area contributed by atoms with Gasteiger partial charge in [0.2, 0.25) is 0 Å². The van der Waals surface area contributed by atoms with Gasteiger partial charge in [-0.2, -0.15) is 0 Å². The van der Waals surface area contributed by atoms with Gasteiger partial charge in [0.15, 0.2) is 0 Å². The predicted molar refractivity (Wildman–Crippen MR) is 60.6 cm³/mol. The van der Waals surface area contributed by atoms with Gasteiger partial charge in [-0.3, -0.25) is 0 Å². The van der Waals surface area contributed by atoms with E-state index < -0.39 is 5.67 Å². The summed E-state index contributed by atoms with van der Waals surface area (Å²) in [7, 11) is 0. The molecule has 0 spiro atoms. The minimum Gasteiger partial charge on any atom is -0.310 e. The number of alkyl halides is 1. The van der Waals surface area contributed by atoms with Gasteiger partial charge in [0.05, 0.1) is 0 Å². The average Bonchev–Trinajstić information content (AvgIpc) is 2.69. The van der Waals surface area contributed by atoms with Crippen molar-refractivity contribution in [3.05, 3.63) is 35.4 Å². The second-order valence-corrected chi connectivity index (χ2v) is 4.71. The molecule has 1 aromatic carbocycles. The van der Waals surface area contributed by atoms with Crippen LogP contribution in [0.2, 0.25) is 0 Å². The van der Waals surface area contributed by atoms with E-state index in [1.165, 1.54) is 6.42 Å². The van der Waals surface area contributed by atoms with Gasteiger partial charge in [0, 0.05) is 6.04 Å². The van der Waals surface area contributed by atoms with Crippen molar-refractivity contribution in [2.75, 3.05) is 6.54 Å². The summed E-state index contributed by atoms with van der Waals surface area (Å²) in [5.41, 5.74) is 0.702. The molecule has 0 bridgehead atoms. The van der Waals surface area contributed by atoms with Crippen LogP contribution in [0.25, 0.3) is 0 Å². The number of halogens is 1. The molecule has 1 fully saturated rings. The lowest BCUT2D eigenvalue weighted by molar-refractivity contribution is 0.218. The highest BCUT2D eigenvalue weighted by Gasteiger charge is 2.26. The van der Waals surface area contributed by atoms with Crippen molar-refractivity contribution in [3.8, 4) is 0 Å². The van der Waals surface area contributed by atoms with Crippen molar-refractivity contribution in [2.24, 2.45) is 0 Å². The molecule has 1 nitrogen and oxygen atoms in total. The van der Waals surface area contributed by atoms with Gasteiger partial charge in [-0.05, 0) is 44.4 Å². The highest BCUT2D eigenvalue weighted by atomic mass is 19.1. The van der Waals surface area contributed by atoms with Crippen LogP contribution in [0.4, 0.5) is 4.39 Å². The SMILES string of the molecule is CC(C)(F)c1ccccc1C1CCCN1. The fourth-order valence-corrected chi connectivity index (χ4v) is 2.29. The summed E-state index contributed by atoms with van der Waals surface area (Å²) in [5.74, 6) is 0. The second kappa shape index (κ2) is 3.93. The van der Waals surface area contributed by atoms with Gasteiger partial charge in [0.1, 0.15) is 5.67 Å². The number of hydrogen-bond acceptors (Lipinski definition) is 1. The molecule has 1 unspecified atom stereocenters. The monoisotopic (exact) mass is 207 g/mol. The summed E-state index contributed by atoms with van der Waals surface area (Å²) >= 11 is 0. The normalized spacial score (nSPS) is 21.9. The summed E-state index contributed by atoms with van der Waals surface area (Å²) in [6, 6.07) is 8.19. The lowest BCUT2D eigenvalue weighted by Gasteiger charge is -2.22. The van der Waals surface area contributed by atoms with Gasteiger partial charge in [-0.25, -0.2) is 4.39 Å². The molecule has 1 N–H and O–H groups in total. The molecule has 1 saturated heterocycles. The van der Waals surface area contributed by atoms with E-state index in [1.54, 1.807) is 13.8 Å². The Morgan fingerprint density at radius 1 is 1.33 bits per heavy atom. The van der Waals surface area contributed by atoms with E-state index in [-0.39, 0.29) is 0 Å². The van der Waals surface area contributed by atoms with Crippen LogP contribution in [0.1, 0.15) is 43.9 Å². The molecule has 1 heterocycles. The Morgan fingerprint density at radius 3 is 2.67 bits per heavy atom. The number of benzene rings is 1. The van der Waals surface area contributed by atoms with E-state index in [0.29, 0.717) is 6.04 Å². The van der Waals surface area contributed by atoms with Crippen molar-refractivity contribution >= 4 is 0 Å². The fourth-order valence-electron chi connectivity index (χ4n) is 2.29. The first-order valence-electron chi connectivity index (χ1n) is 5.61. The lowest BCUT2D eigenvalue weighted by atomic mass is 9.90. The smallest absolute Gasteiger partial charge is 0.130 e. The minimum atomic E-state index is -1.25. The van der Waals surface area contributed by atoms with Crippen LogP contribution in [0.15, 0.2) is 24.3 Å². The van der Waals surface area contributed by atoms with Crippen molar-refractivity contribution in [3.63, 3.8) is 0 Å². The van der Waals surface area contributed by atoms with Gasteiger partial charge >= 0.3 is 0 Å². The zero-order valence-corrected chi connectivity index (χ0v) is 9.39. The van der Waals surface area contributed by atoms with E-state index in [0.717, 1.165) is 24.1 Å². The van der Waals surface area contributed by atoms with Gasteiger partial charge in [-0.1, -0.05) is 24.3 Å². The summed E-state index contributed by atoms with van der Waals surface area (Å²) in [6.07, 6.45) is 2.30. The lowest BCUT2D eigenvalue weighted by Crippen LogP contribution is -2.19. The molecule has 2 rings (SSSR count). The third kappa shape index (κ3) is 2.20. The van der Waals surface area contributed by atoms with Crippen molar-refractivity contribution in [1.29, 1.82) is 0 Å². The standard InChI is InChI=1S/C13H18FN/c1-13(2,14)11-7-4-3-6-10(11)12-8-5-9-15-12/h3-4,6-7,12,15H,5,8-9H2,1-2H3. The molecule has 82 valence electrons. The van der Waals surface area contributed by atoms with Crippen LogP contribution in [-0.4, -0.2) is 6.54 Å². The molecule has 1 atom stereocenters. The molecule has 0 aliphatic carbocycles. The molecule has 1 aliphatic heterocycles. The maximum absolute atomic E-state index is 14.0. The van der Waals surface area contributed by atoms with Crippen molar-refractivity contribution in [1.82, 2.24) is 5.32 Å². The number of rotatable bonds is 2. The molecule has 1 aromatic rings. The fraction of sp³-hybridized carbons (Fsp3) is 0.538. The Morgan fingerprint density at radius 2 is 2.07 bits per heavy atom. The van der Waals surface area contributed by atoms with E-state index in [2.05, 4.69) is 5.32 Å². The molecule has 0 aromatic heterocycles. The van der Waals surface area contributed by atoms with E-state index in [9.17, 15) is 4.39 Å². The molecule has 0 radical (unpaired) electrons. The van der Waals surface area contributed by atoms with Crippen LogP contribution in [0.5, 0.6) is 0 Å². The van der Waals surface area contributed by atoms with E-state index in [1.807, 2.05) is 24.3 Å². The topological polar surface area (TPSA) is 12.0 Å². The molecule has 2 heteroatoms. The zero-order valence-electron chi connectivity index (χ0n) is 9.39.